The fourth-order valence-corrected chi connectivity index (χ4v) is 4.90. The van der Waals surface area contributed by atoms with Gasteiger partial charge in [-0.2, -0.15) is 5.26 Å². The molecule has 2 aliphatic heterocycles. The molecule has 3 heterocycles. The van der Waals surface area contributed by atoms with Crippen molar-refractivity contribution in [2.24, 2.45) is 0 Å². The van der Waals surface area contributed by atoms with E-state index in [-0.39, 0.29) is 5.91 Å². The van der Waals surface area contributed by atoms with E-state index in [0.29, 0.717) is 35.0 Å². The average Bonchev–Trinajstić information content (AvgIpc) is 3.21. The fourth-order valence-electron chi connectivity index (χ4n) is 4.90. The number of pyridine rings is 1. The van der Waals surface area contributed by atoms with Crippen LogP contribution in [0.3, 0.4) is 0 Å². The number of halogens is 2. The number of hydrogen-bond acceptors (Lipinski definition) is 6. The van der Waals surface area contributed by atoms with Crippen LogP contribution in [0.2, 0.25) is 0 Å². The minimum absolute atomic E-state index is 0.111. The van der Waals surface area contributed by atoms with Gasteiger partial charge in [0, 0.05) is 35.7 Å². The number of hydrogen-bond donors (Lipinski definition) is 3. The number of amides is 2. The molecular formula is C26H23F2N5O3. The van der Waals surface area contributed by atoms with Crippen LogP contribution in [0.1, 0.15) is 34.1 Å². The van der Waals surface area contributed by atoms with Gasteiger partial charge in [0.1, 0.15) is 12.3 Å². The van der Waals surface area contributed by atoms with Gasteiger partial charge >= 0.3 is 0 Å². The molecule has 0 bridgehead atoms. The maximum atomic E-state index is 13.7. The number of benzene rings is 2. The van der Waals surface area contributed by atoms with Gasteiger partial charge in [-0.3, -0.25) is 19.9 Å². The highest BCUT2D eigenvalue weighted by atomic mass is 19.3. The molecule has 2 aromatic carbocycles. The lowest BCUT2D eigenvalue weighted by Gasteiger charge is -2.22. The lowest BCUT2D eigenvalue weighted by atomic mass is 9.90. The zero-order valence-electron chi connectivity index (χ0n) is 19.2. The molecule has 1 unspecified atom stereocenters. The summed E-state index contributed by atoms with van der Waals surface area (Å²) in [4.78, 5) is 30.0. The van der Waals surface area contributed by atoms with Crippen LogP contribution in [0.4, 0.5) is 8.78 Å². The standard InChI is InChI=1S/C26H23F2N5O3/c27-26(28)11-16(12-29)33(14-26)23(34)13-32-25(36)20-7-8-30-22-5-4-15(10-21(20)22)17-2-1-3-19-18(17)6-9-31-24(19)35/h1-5,7-8,10,16,25,32,36H,6,9,11,13-14H2,(H,31,35)/t16-,25?/m0/s1. The molecule has 2 atom stereocenters. The zero-order chi connectivity index (χ0) is 25.4. The summed E-state index contributed by atoms with van der Waals surface area (Å²) in [5, 5.41) is 26.1. The Balaban J connectivity index is 1.41. The number of alkyl halides is 2. The molecule has 184 valence electrons. The van der Waals surface area contributed by atoms with Crippen molar-refractivity contribution in [1.82, 2.24) is 20.5 Å². The van der Waals surface area contributed by atoms with E-state index in [9.17, 15) is 23.5 Å². The molecule has 0 saturated carbocycles. The third-order valence-corrected chi connectivity index (χ3v) is 6.65. The van der Waals surface area contributed by atoms with E-state index in [1.54, 1.807) is 18.2 Å². The van der Waals surface area contributed by atoms with Crippen molar-refractivity contribution >= 4 is 22.7 Å². The van der Waals surface area contributed by atoms with Crippen LogP contribution in [0.25, 0.3) is 22.0 Å². The van der Waals surface area contributed by atoms with Gasteiger partial charge in [-0.25, -0.2) is 8.78 Å². The van der Waals surface area contributed by atoms with Crippen LogP contribution in [0, 0.1) is 11.3 Å². The number of nitrogens with one attached hydrogen (secondary N) is 2. The highest BCUT2D eigenvalue weighted by molar-refractivity contribution is 5.99. The molecule has 8 nitrogen and oxygen atoms in total. The molecule has 1 saturated heterocycles. The Kier molecular flexibility index (Phi) is 6.12. The maximum absolute atomic E-state index is 13.7. The Labute approximate surface area is 205 Å². The van der Waals surface area contributed by atoms with E-state index >= 15 is 0 Å². The van der Waals surface area contributed by atoms with Crippen molar-refractivity contribution in [3.63, 3.8) is 0 Å². The van der Waals surface area contributed by atoms with Gasteiger partial charge in [0.25, 0.3) is 11.8 Å². The summed E-state index contributed by atoms with van der Waals surface area (Å²) in [6.07, 6.45) is 0.251. The Bertz CT molecular complexity index is 1400. The second-order valence-electron chi connectivity index (χ2n) is 8.98. The molecule has 10 heteroatoms. The third kappa shape index (κ3) is 4.39. The molecule has 5 rings (SSSR count). The van der Waals surface area contributed by atoms with Crippen molar-refractivity contribution < 1.29 is 23.5 Å². The van der Waals surface area contributed by atoms with Crippen molar-refractivity contribution in [1.29, 1.82) is 5.26 Å². The summed E-state index contributed by atoms with van der Waals surface area (Å²) in [7, 11) is 0. The number of carbonyl (C=O) groups excluding carboxylic acids is 2. The lowest BCUT2D eigenvalue weighted by Crippen LogP contribution is -2.42. The van der Waals surface area contributed by atoms with E-state index < -0.39 is 43.6 Å². The van der Waals surface area contributed by atoms with E-state index in [1.807, 2.05) is 30.3 Å². The second-order valence-corrected chi connectivity index (χ2v) is 8.98. The molecule has 2 aliphatic rings. The molecular weight excluding hydrogens is 468 g/mol. The van der Waals surface area contributed by atoms with Crippen molar-refractivity contribution in [3.8, 4) is 17.2 Å². The first-order valence-electron chi connectivity index (χ1n) is 11.5. The van der Waals surface area contributed by atoms with Crippen LogP contribution in [-0.2, 0) is 11.2 Å². The normalized spacial score (nSPS) is 19.4. The molecule has 3 aromatic rings. The smallest absolute Gasteiger partial charge is 0.268 e. The molecule has 3 N–H and O–H groups in total. The minimum Gasteiger partial charge on any atom is -0.374 e. The van der Waals surface area contributed by atoms with Crippen LogP contribution >= 0.6 is 0 Å². The molecule has 2 amide bonds. The number of aliphatic hydroxyl groups excluding tert-OH is 1. The summed E-state index contributed by atoms with van der Waals surface area (Å²) in [5.74, 6) is -3.91. The van der Waals surface area contributed by atoms with E-state index in [4.69, 9.17) is 5.26 Å². The highest BCUT2D eigenvalue weighted by Crippen LogP contribution is 2.33. The van der Waals surface area contributed by atoms with Gasteiger partial charge in [-0.05, 0) is 47.4 Å². The van der Waals surface area contributed by atoms with Crippen LogP contribution in [0.5, 0.6) is 0 Å². The largest absolute Gasteiger partial charge is 0.374 e. The number of aliphatic hydroxyl groups is 1. The molecule has 0 radical (unpaired) electrons. The number of nitriles is 1. The molecule has 0 aliphatic carbocycles. The Hall–Kier alpha value is -3.94. The quantitative estimate of drug-likeness (QED) is 0.472. The van der Waals surface area contributed by atoms with Crippen molar-refractivity contribution in [3.05, 3.63) is 65.4 Å². The van der Waals surface area contributed by atoms with E-state index in [2.05, 4.69) is 15.6 Å². The predicted octanol–water partition coefficient (Wildman–Crippen LogP) is 2.53. The van der Waals surface area contributed by atoms with Gasteiger partial charge in [0.2, 0.25) is 5.91 Å². The highest BCUT2D eigenvalue weighted by Gasteiger charge is 2.47. The van der Waals surface area contributed by atoms with Gasteiger partial charge in [0.15, 0.2) is 0 Å². The summed E-state index contributed by atoms with van der Waals surface area (Å²) in [5.41, 5.74) is 4.42. The average molecular weight is 491 g/mol. The summed E-state index contributed by atoms with van der Waals surface area (Å²) >= 11 is 0. The van der Waals surface area contributed by atoms with Crippen molar-refractivity contribution in [2.75, 3.05) is 19.6 Å². The number of aromatic nitrogens is 1. The first kappa shape index (κ1) is 23.8. The summed E-state index contributed by atoms with van der Waals surface area (Å²) in [6.45, 7) is -0.682. The number of likely N-dealkylation sites (tertiary alicyclic amines) is 1. The van der Waals surface area contributed by atoms with Crippen LogP contribution < -0.4 is 10.6 Å². The number of nitrogens with zero attached hydrogens (tertiary/aromatic N) is 3. The minimum atomic E-state index is -3.11. The van der Waals surface area contributed by atoms with Gasteiger partial charge in [0.05, 0.1) is 24.7 Å². The van der Waals surface area contributed by atoms with E-state index in [1.165, 1.54) is 6.20 Å². The third-order valence-electron chi connectivity index (χ3n) is 6.65. The second kappa shape index (κ2) is 9.26. The zero-order valence-corrected chi connectivity index (χ0v) is 19.2. The Morgan fingerprint density at radius 1 is 1.31 bits per heavy atom. The molecule has 0 spiro atoms. The Morgan fingerprint density at radius 3 is 2.92 bits per heavy atom. The first-order valence-corrected chi connectivity index (χ1v) is 11.5. The maximum Gasteiger partial charge on any atom is 0.268 e. The number of rotatable bonds is 5. The number of fused-ring (bicyclic) bond motifs is 2. The monoisotopic (exact) mass is 491 g/mol. The molecule has 1 fully saturated rings. The predicted molar refractivity (Wildman–Crippen MR) is 127 cm³/mol. The van der Waals surface area contributed by atoms with Gasteiger partial charge in [-0.1, -0.05) is 18.2 Å². The van der Waals surface area contributed by atoms with Crippen molar-refractivity contribution in [2.45, 2.75) is 31.0 Å². The topological polar surface area (TPSA) is 118 Å². The lowest BCUT2D eigenvalue weighted by molar-refractivity contribution is -0.132. The Morgan fingerprint density at radius 2 is 2.11 bits per heavy atom. The molecule has 1 aromatic heterocycles. The van der Waals surface area contributed by atoms with Gasteiger partial charge in [-0.15, -0.1) is 0 Å². The van der Waals surface area contributed by atoms with Crippen LogP contribution in [-0.4, -0.2) is 58.4 Å². The summed E-state index contributed by atoms with van der Waals surface area (Å²) in [6, 6.07) is 13.3. The van der Waals surface area contributed by atoms with Gasteiger partial charge < -0.3 is 15.3 Å². The summed E-state index contributed by atoms with van der Waals surface area (Å²) < 4.78 is 27.4. The number of carbonyl (C=O) groups is 2. The molecule has 36 heavy (non-hydrogen) atoms. The van der Waals surface area contributed by atoms with Crippen LogP contribution in [0.15, 0.2) is 48.7 Å². The first-order chi connectivity index (χ1) is 17.3. The SMILES string of the molecule is N#C[C@@H]1CC(F)(F)CN1C(=O)CNC(O)c1ccnc2ccc(-c3cccc4c3CCNC4=O)cc12. The van der Waals surface area contributed by atoms with E-state index in [0.717, 1.165) is 21.6 Å². The fraction of sp³-hybridized carbons (Fsp3) is 0.308.